The Bertz CT molecular complexity index is 1210. The van der Waals surface area contributed by atoms with E-state index in [1.807, 2.05) is 0 Å². The van der Waals surface area contributed by atoms with E-state index in [2.05, 4.69) is 4.98 Å². The number of halogens is 1. The van der Waals surface area contributed by atoms with Gasteiger partial charge >= 0.3 is 0 Å². The van der Waals surface area contributed by atoms with Crippen molar-refractivity contribution in [1.29, 1.82) is 0 Å². The summed E-state index contributed by atoms with van der Waals surface area (Å²) in [5, 5.41) is 10.7. The molecule has 2 amide bonds. The third kappa shape index (κ3) is 3.48. The van der Waals surface area contributed by atoms with E-state index < -0.39 is 0 Å². The molecule has 0 atom stereocenters. The van der Waals surface area contributed by atoms with E-state index in [0.29, 0.717) is 59.9 Å². The average Bonchev–Trinajstić information content (AvgIpc) is 3.16. The van der Waals surface area contributed by atoms with Gasteiger partial charge in [-0.2, -0.15) is 0 Å². The standard InChI is InChI=1S/C24H20FN3O4/c25-16-2-4-17(5-3-16)28-14-20-18(24(28)31)7-8-26-22(20)19-6-1-15(13-21(19)29)23(30)27-9-11-32-12-10-27/h1-8,13,29H,9-12,14H2. The number of pyridine rings is 1. The maximum absolute atomic E-state index is 13.3. The second kappa shape index (κ2) is 8.05. The molecule has 2 aliphatic heterocycles. The van der Waals surface area contributed by atoms with Crippen LogP contribution in [0.2, 0.25) is 0 Å². The van der Waals surface area contributed by atoms with E-state index >= 15 is 0 Å². The fraction of sp³-hybridized carbons (Fsp3) is 0.208. The number of fused-ring (bicyclic) bond motifs is 1. The van der Waals surface area contributed by atoms with Crippen LogP contribution in [-0.2, 0) is 11.3 Å². The van der Waals surface area contributed by atoms with Crippen molar-refractivity contribution in [3.8, 4) is 17.0 Å². The summed E-state index contributed by atoms with van der Waals surface area (Å²) >= 11 is 0. The van der Waals surface area contributed by atoms with Crippen molar-refractivity contribution in [2.24, 2.45) is 0 Å². The smallest absolute Gasteiger partial charge is 0.259 e. The van der Waals surface area contributed by atoms with Crippen molar-refractivity contribution in [3.05, 3.63) is 77.2 Å². The quantitative estimate of drug-likeness (QED) is 0.686. The van der Waals surface area contributed by atoms with Crippen molar-refractivity contribution in [3.63, 3.8) is 0 Å². The van der Waals surface area contributed by atoms with Gasteiger partial charge in [0.1, 0.15) is 11.6 Å². The van der Waals surface area contributed by atoms with Gasteiger partial charge in [-0.1, -0.05) is 0 Å². The molecule has 162 valence electrons. The SMILES string of the molecule is O=C(c1ccc(-c2nccc3c2CN(c2ccc(F)cc2)C3=O)c(O)c1)N1CCOCC1. The molecule has 0 radical (unpaired) electrons. The number of aromatic hydroxyl groups is 1. The zero-order chi connectivity index (χ0) is 22.2. The molecule has 7 nitrogen and oxygen atoms in total. The van der Waals surface area contributed by atoms with Crippen LogP contribution in [0.15, 0.2) is 54.7 Å². The Hall–Kier alpha value is -3.78. The van der Waals surface area contributed by atoms with Crippen molar-refractivity contribution in [2.45, 2.75) is 6.54 Å². The Morgan fingerprint density at radius 3 is 2.50 bits per heavy atom. The predicted molar refractivity (Wildman–Crippen MR) is 115 cm³/mol. The van der Waals surface area contributed by atoms with E-state index in [0.717, 1.165) is 0 Å². The van der Waals surface area contributed by atoms with E-state index in [-0.39, 0.29) is 29.9 Å². The highest BCUT2D eigenvalue weighted by Gasteiger charge is 2.32. The number of hydrogen-bond acceptors (Lipinski definition) is 5. The minimum absolute atomic E-state index is 0.0855. The average molecular weight is 433 g/mol. The number of amides is 2. The molecular formula is C24H20FN3O4. The molecule has 1 aromatic heterocycles. The first-order valence-electron chi connectivity index (χ1n) is 10.3. The predicted octanol–water partition coefficient (Wildman–Crippen LogP) is 3.23. The second-order valence-corrected chi connectivity index (χ2v) is 7.69. The van der Waals surface area contributed by atoms with Crippen LogP contribution in [0.3, 0.4) is 0 Å². The molecule has 32 heavy (non-hydrogen) atoms. The first-order valence-corrected chi connectivity index (χ1v) is 10.3. The molecule has 3 aromatic rings. The van der Waals surface area contributed by atoms with Crippen molar-refractivity contribution in [1.82, 2.24) is 9.88 Å². The first kappa shape index (κ1) is 20.1. The number of hydrogen-bond donors (Lipinski definition) is 1. The number of aromatic nitrogens is 1. The van der Waals surface area contributed by atoms with Crippen LogP contribution in [0, 0.1) is 5.82 Å². The van der Waals surface area contributed by atoms with Gasteiger partial charge in [0.15, 0.2) is 0 Å². The highest BCUT2D eigenvalue weighted by molar-refractivity contribution is 6.11. The summed E-state index contributed by atoms with van der Waals surface area (Å²) in [5.41, 5.74) is 3.02. The number of phenols is 1. The highest BCUT2D eigenvalue weighted by Crippen LogP contribution is 2.37. The molecule has 1 saturated heterocycles. The summed E-state index contributed by atoms with van der Waals surface area (Å²) in [6.07, 6.45) is 1.52. The summed E-state index contributed by atoms with van der Waals surface area (Å²) in [7, 11) is 0. The number of benzene rings is 2. The van der Waals surface area contributed by atoms with Crippen LogP contribution in [0.1, 0.15) is 26.3 Å². The summed E-state index contributed by atoms with van der Waals surface area (Å²) < 4.78 is 18.6. The Kier molecular flexibility index (Phi) is 5.07. The molecule has 0 saturated carbocycles. The molecule has 1 N–H and O–H groups in total. The summed E-state index contributed by atoms with van der Waals surface area (Å²) in [6.45, 7) is 2.26. The molecule has 8 heteroatoms. The fourth-order valence-electron chi connectivity index (χ4n) is 4.10. The van der Waals surface area contributed by atoms with E-state index in [1.54, 1.807) is 40.1 Å². The summed E-state index contributed by atoms with van der Waals surface area (Å²) in [4.78, 5) is 33.3. The first-order chi connectivity index (χ1) is 15.5. The zero-order valence-electron chi connectivity index (χ0n) is 17.1. The molecule has 0 bridgehead atoms. The van der Waals surface area contributed by atoms with Crippen molar-refractivity contribution < 1.29 is 23.8 Å². The minimum Gasteiger partial charge on any atom is -0.507 e. The molecular weight excluding hydrogens is 413 g/mol. The topological polar surface area (TPSA) is 83.0 Å². The van der Waals surface area contributed by atoms with Gasteiger partial charge in [-0.05, 0) is 48.5 Å². The van der Waals surface area contributed by atoms with Gasteiger partial charge in [-0.25, -0.2) is 4.39 Å². The maximum Gasteiger partial charge on any atom is 0.259 e. The lowest BCUT2D eigenvalue weighted by Gasteiger charge is -2.27. The molecule has 5 rings (SSSR count). The number of morpholine rings is 1. The lowest BCUT2D eigenvalue weighted by Crippen LogP contribution is -2.40. The number of nitrogens with zero attached hydrogens (tertiary/aromatic N) is 3. The van der Waals surface area contributed by atoms with Gasteiger partial charge in [0.2, 0.25) is 0 Å². The molecule has 3 heterocycles. The minimum atomic E-state index is -0.378. The highest BCUT2D eigenvalue weighted by atomic mass is 19.1. The van der Waals surface area contributed by atoms with Crippen LogP contribution in [0.25, 0.3) is 11.3 Å². The number of carbonyl (C=O) groups is 2. The second-order valence-electron chi connectivity index (χ2n) is 7.69. The summed E-state index contributed by atoms with van der Waals surface area (Å²) in [5.74, 6) is -0.845. The van der Waals surface area contributed by atoms with Crippen LogP contribution >= 0.6 is 0 Å². The summed E-state index contributed by atoms with van der Waals surface area (Å²) in [6, 6.07) is 12.1. The van der Waals surface area contributed by atoms with Crippen LogP contribution in [-0.4, -0.2) is 53.1 Å². The fourth-order valence-corrected chi connectivity index (χ4v) is 4.10. The number of ether oxygens (including phenoxy) is 1. The van der Waals surface area contributed by atoms with Crippen LogP contribution < -0.4 is 4.90 Å². The maximum atomic E-state index is 13.3. The molecule has 0 spiro atoms. The van der Waals surface area contributed by atoms with Gasteiger partial charge < -0.3 is 19.6 Å². The van der Waals surface area contributed by atoms with Crippen LogP contribution in [0.4, 0.5) is 10.1 Å². The van der Waals surface area contributed by atoms with Crippen molar-refractivity contribution in [2.75, 3.05) is 31.2 Å². The normalized spacial score (nSPS) is 15.7. The van der Waals surface area contributed by atoms with Gasteiger partial charge in [0.25, 0.3) is 11.8 Å². The number of carbonyl (C=O) groups excluding carboxylic acids is 2. The van der Waals surface area contributed by atoms with Crippen molar-refractivity contribution >= 4 is 17.5 Å². The number of phenolic OH excluding ortho intramolecular Hbond substituents is 1. The lowest BCUT2D eigenvalue weighted by atomic mass is 10.0. The van der Waals surface area contributed by atoms with E-state index in [4.69, 9.17) is 4.74 Å². The van der Waals surface area contributed by atoms with Gasteiger partial charge in [0.05, 0.1) is 25.5 Å². The third-order valence-electron chi connectivity index (χ3n) is 5.78. The molecule has 0 unspecified atom stereocenters. The lowest BCUT2D eigenvalue weighted by molar-refractivity contribution is 0.0302. The Labute approximate surface area is 183 Å². The molecule has 1 fully saturated rings. The Morgan fingerprint density at radius 1 is 1.03 bits per heavy atom. The van der Waals surface area contributed by atoms with E-state index in [9.17, 15) is 19.1 Å². The largest absolute Gasteiger partial charge is 0.507 e. The monoisotopic (exact) mass is 433 g/mol. The Balaban J connectivity index is 1.47. The molecule has 2 aliphatic rings. The number of anilines is 1. The van der Waals surface area contributed by atoms with Crippen LogP contribution in [0.5, 0.6) is 5.75 Å². The zero-order valence-corrected chi connectivity index (χ0v) is 17.1. The van der Waals surface area contributed by atoms with E-state index in [1.165, 1.54) is 24.4 Å². The molecule has 0 aliphatic carbocycles. The van der Waals surface area contributed by atoms with Gasteiger partial charge in [-0.15, -0.1) is 0 Å². The third-order valence-corrected chi connectivity index (χ3v) is 5.78. The molecule has 2 aromatic carbocycles. The Morgan fingerprint density at radius 2 is 1.78 bits per heavy atom. The van der Waals surface area contributed by atoms with Gasteiger partial charge in [0, 0.05) is 47.2 Å². The van der Waals surface area contributed by atoms with Gasteiger partial charge in [-0.3, -0.25) is 14.6 Å². The number of rotatable bonds is 3.